The Morgan fingerprint density at radius 3 is 2.42 bits per heavy atom. The van der Waals surface area contributed by atoms with Crippen molar-refractivity contribution in [2.24, 2.45) is 0 Å². The molecule has 1 aliphatic rings. The van der Waals surface area contributed by atoms with Crippen LogP contribution in [0.2, 0.25) is 0 Å². The van der Waals surface area contributed by atoms with E-state index in [9.17, 15) is 14.0 Å². The number of benzene rings is 2. The zero-order valence-corrected chi connectivity index (χ0v) is 13.1. The van der Waals surface area contributed by atoms with Crippen molar-refractivity contribution in [3.8, 4) is 11.1 Å². The number of rotatable bonds is 3. The number of hydrogen-bond donors (Lipinski definition) is 1. The Bertz CT molecular complexity index is 999. The highest BCUT2D eigenvalue weighted by atomic mass is 19.1. The van der Waals surface area contributed by atoms with Crippen molar-refractivity contribution in [2.45, 2.75) is 25.7 Å². The summed E-state index contributed by atoms with van der Waals surface area (Å²) in [5.41, 5.74) is 2.92. The van der Waals surface area contributed by atoms with E-state index in [0.717, 1.165) is 24.8 Å². The minimum absolute atomic E-state index is 0.181. The van der Waals surface area contributed by atoms with Crippen molar-refractivity contribution < 1.29 is 4.39 Å². The van der Waals surface area contributed by atoms with E-state index >= 15 is 0 Å². The Hall–Kier alpha value is -2.75. The van der Waals surface area contributed by atoms with Gasteiger partial charge in [0.1, 0.15) is 11.5 Å². The molecule has 1 aliphatic carbocycles. The van der Waals surface area contributed by atoms with Crippen molar-refractivity contribution >= 4 is 11.4 Å². The molecule has 3 aromatic carbocycles. The molecule has 0 amide bonds. The summed E-state index contributed by atoms with van der Waals surface area (Å²) in [4.78, 5) is 24.0. The monoisotopic (exact) mass is 321 g/mol. The molecule has 0 radical (unpaired) electrons. The predicted molar refractivity (Wildman–Crippen MR) is 93.1 cm³/mol. The van der Waals surface area contributed by atoms with Gasteiger partial charge in [0.15, 0.2) is 0 Å². The van der Waals surface area contributed by atoms with E-state index in [4.69, 9.17) is 0 Å². The fraction of sp³-hybridized carbons (Fsp3) is 0.200. The lowest BCUT2D eigenvalue weighted by Crippen LogP contribution is -2.35. The minimum Gasteiger partial charge on any atom is -0.349 e. The summed E-state index contributed by atoms with van der Waals surface area (Å²) in [7, 11) is 0. The van der Waals surface area contributed by atoms with Crippen molar-refractivity contribution in [1.82, 2.24) is 0 Å². The number of anilines is 2. The van der Waals surface area contributed by atoms with Crippen LogP contribution < -0.4 is 16.2 Å². The maximum absolute atomic E-state index is 13.8. The quantitative estimate of drug-likeness (QED) is 0.748. The zero-order chi connectivity index (χ0) is 16.7. The SMILES string of the molecule is O=c1c(Nc2ccccc2F)c(-c2ccc3c(c2)CCCC3)c1=O. The van der Waals surface area contributed by atoms with Gasteiger partial charge in [-0.1, -0.05) is 30.3 Å². The van der Waals surface area contributed by atoms with Gasteiger partial charge in [-0.2, -0.15) is 0 Å². The summed E-state index contributed by atoms with van der Waals surface area (Å²) in [5.74, 6) is -0.457. The fourth-order valence-electron chi connectivity index (χ4n) is 3.37. The third-order valence-electron chi connectivity index (χ3n) is 4.68. The summed E-state index contributed by atoms with van der Waals surface area (Å²) in [6, 6.07) is 12.0. The van der Waals surface area contributed by atoms with Gasteiger partial charge < -0.3 is 5.32 Å². The van der Waals surface area contributed by atoms with Crippen LogP contribution in [0.1, 0.15) is 24.0 Å². The molecule has 0 atom stereocenters. The van der Waals surface area contributed by atoms with Crippen molar-refractivity contribution in [3.63, 3.8) is 0 Å². The van der Waals surface area contributed by atoms with Crippen LogP contribution in [-0.2, 0) is 12.8 Å². The smallest absolute Gasteiger partial charge is 0.250 e. The summed E-state index contributed by atoms with van der Waals surface area (Å²) in [6.07, 6.45) is 4.38. The van der Waals surface area contributed by atoms with Gasteiger partial charge in [0, 0.05) is 0 Å². The van der Waals surface area contributed by atoms with E-state index in [1.54, 1.807) is 18.2 Å². The fourth-order valence-corrected chi connectivity index (χ4v) is 3.37. The van der Waals surface area contributed by atoms with E-state index in [1.165, 1.54) is 23.6 Å². The Morgan fingerprint density at radius 1 is 0.875 bits per heavy atom. The van der Waals surface area contributed by atoms with Gasteiger partial charge in [0.25, 0.3) is 5.43 Å². The van der Waals surface area contributed by atoms with Gasteiger partial charge >= 0.3 is 0 Å². The van der Waals surface area contributed by atoms with Crippen LogP contribution in [0.4, 0.5) is 15.8 Å². The van der Waals surface area contributed by atoms with Gasteiger partial charge in [-0.25, -0.2) is 4.39 Å². The van der Waals surface area contributed by atoms with Crippen molar-refractivity contribution in [2.75, 3.05) is 5.32 Å². The molecule has 1 N–H and O–H groups in total. The molecule has 0 fully saturated rings. The first kappa shape index (κ1) is 14.8. The zero-order valence-electron chi connectivity index (χ0n) is 13.1. The lowest BCUT2D eigenvalue weighted by molar-refractivity contribution is 0.632. The van der Waals surface area contributed by atoms with Gasteiger partial charge in [0.05, 0.1) is 11.3 Å². The lowest BCUT2D eigenvalue weighted by atomic mass is 9.88. The molecule has 3 aromatic rings. The third kappa shape index (κ3) is 2.35. The van der Waals surface area contributed by atoms with Gasteiger partial charge in [-0.05, 0) is 54.5 Å². The molecule has 0 spiro atoms. The average Bonchev–Trinajstić information content (AvgIpc) is 2.62. The molecule has 0 bridgehead atoms. The van der Waals surface area contributed by atoms with Gasteiger partial charge in [-0.15, -0.1) is 0 Å². The molecular weight excluding hydrogens is 305 g/mol. The molecule has 0 aromatic heterocycles. The topological polar surface area (TPSA) is 46.2 Å². The first-order chi connectivity index (χ1) is 11.6. The van der Waals surface area contributed by atoms with Crippen LogP contribution in [0.25, 0.3) is 11.1 Å². The van der Waals surface area contributed by atoms with Crippen molar-refractivity contribution in [1.29, 1.82) is 0 Å². The molecule has 0 heterocycles. The maximum Gasteiger partial charge on any atom is 0.250 e. The predicted octanol–water partition coefficient (Wildman–Crippen LogP) is 3.71. The van der Waals surface area contributed by atoms with Crippen LogP contribution in [0, 0.1) is 5.82 Å². The highest BCUT2D eigenvalue weighted by Crippen LogP contribution is 2.31. The third-order valence-corrected chi connectivity index (χ3v) is 4.68. The standard InChI is InChI=1S/C20H16FNO2/c21-15-7-3-4-8-16(15)22-18-17(19(23)20(18)24)14-10-9-12-5-1-2-6-13(12)11-14/h3-4,7-11,22H,1-2,5-6H2. The van der Waals surface area contributed by atoms with E-state index in [2.05, 4.69) is 5.32 Å². The first-order valence-electron chi connectivity index (χ1n) is 8.12. The van der Waals surface area contributed by atoms with Gasteiger partial charge in [0.2, 0.25) is 5.43 Å². The Labute approximate surface area is 138 Å². The van der Waals surface area contributed by atoms with Crippen LogP contribution in [0.3, 0.4) is 0 Å². The number of fused-ring (bicyclic) bond motifs is 1. The number of aryl methyl sites for hydroxylation is 2. The molecule has 120 valence electrons. The highest BCUT2D eigenvalue weighted by molar-refractivity contribution is 5.85. The lowest BCUT2D eigenvalue weighted by Gasteiger charge is -2.18. The molecule has 0 unspecified atom stereocenters. The number of halogens is 1. The summed E-state index contributed by atoms with van der Waals surface area (Å²) >= 11 is 0. The van der Waals surface area contributed by atoms with E-state index in [1.807, 2.05) is 18.2 Å². The van der Waals surface area contributed by atoms with Crippen LogP contribution >= 0.6 is 0 Å². The molecule has 0 saturated carbocycles. The molecule has 0 aliphatic heterocycles. The van der Waals surface area contributed by atoms with Crippen LogP contribution in [0.15, 0.2) is 52.1 Å². The Balaban J connectivity index is 1.75. The average molecular weight is 321 g/mol. The largest absolute Gasteiger partial charge is 0.349 e. The normalized spacial score (nSPS) is 13.7. The minimum atomic E-state index is -0.592. The summed E-state index contributed by atoms with van der Waals surface area (Å²) < 4.78 is 13.8. The number of nitrogens with one attached hydrogen (secondary N) is 1. The van der Waals surface area contributed by atoms with Gasteiger partial charge in [-0.3, -0.25) is 9.59 Å². The van der Waals surface area contributed by atoms with Crippen molar-refractivity contribution in [3.05, 3.63) is 79.9 Å². The molecular formula is C20H16FNO2. The molecule has 4 heteroatoms. The Morgan fingerprint density at radius 2 is 1.62 bits per heavy atom. The van der Waals surface area contributed by atoms with Crippen LogP contribution in [0.5, 0.6) is 0 Å². The van der Waals surface area contributed by atoms with E-state index in [0.29, 0.717) is 5.56 Å². The molecule has 24 heavy (non-hydrogen) atoms. The molecule has 0 saturated heterocycles. The van der Waals surface area contributed by atoms with Crippen LogP contribution in [-0.4, -0.2) is 0 Å². The Kier molecular flexibility index (Phi) is 3.53. The second kappa shape index (κ2) is 5.71. The van der Waals surface area contributed by atoms with E-state index < -0.39 is 16.7 Å². The summed E-state index contributed by atoms with van der Waals surface area (Å²) in [5, 5.41) is 2.79. The number of para-hydroxylation sites is 1. The molecule has 3 nitrogen and oxygen atoms in total. The van der Waals surface area contributed by atoms with E-state index in [-0.39, 0.29) is 11.4 Å². The number of hydrogen-bond acceptors (Lipinski definition) is 3. The highest BCUT2D eigenvalue weighted by Gasteiger charge is 2.24. The second-order valence-electron chi connectivity index (χ2n) is 6.20. The maximum atomic E-state index is 13.8. The summed E-state index contributed by atoms with van der Waals surface area (Å²) in [6.45, 7) is 0. The second-order valence-corrected chi connectivity index (χ2v) is 6.20. The molecule has 4 rings (SSSR count). The first-order valence-corrected chi connectivity index (χ1v) is 8.12.